The number of methoxy groups -OCH3 is 2. The molecule has 5 heteroatoms. The van der Waals surface area contributed by atoms with E-state index in [4.69, 9.17) is 25.8 Å². The van der Waals surface area contributed by atoms with Gasteiger partial charge in [-0.15, -0.1) is 0 Å². The number of ether oxygens (including phenoxy) is 3. The molecule has 1 spiro atoms. The molecule has 0 aromatic heterocycles. The Kier molecular flexibility index (Phi) is 3.15. The third kappa shape index (κ3) is 2.06. The fourth-order valence-electron chi connectivity index (χ4n) is 3.33. The van der Waals surface area contributed by atoms with Crippen LogP contribution in [0.2, 0.25) is 5.02 Å². The quantitative estimate of drug-likeness (QED) is 0.807. The molecule has 1 aliphatic carbocycles. The summed E-state index contributed by atoms with van der Waals surface area (Å²) in [5.41, 5.74) is 1.77. The van der Waals surface area contributed by atoms with Gasteiger partial charge < -0.3 is 14.2 Å². The van der Waals surface area contributed by atoms with Gasteiger partial charge in [-0.2, -0.15) is 0 Å². The predicted octanol–water partition coefficient (Wildman–Crippen LogP) is 3.61. The maximum atomic E-state index is 12.9. The summed E-state index contributed by atoms with van der Waals surface area (Å²) in [4.78, 5) is 12.9. The number of rotatable bonds is 3. The van der Waals surface area contributed by atoms with Crippen molar-refractivity contribution in [2.24, 2.45) is 0 Å². The van der Waals surface area contributed by atoms with E-state index in [2.05, 4.69) is 0 Å². The first-order valence-electron chi connectivity index (χ1n) is 7.32. The van der Waals surface area contributed by atoms with E-state index in [1.807, 2.05) is 30.3 Å². The predicted molar refractivity (Wildman–Crippen MR) is 85.6 cm³/mol. The van der Waals surface area contributed by atoms with Crippen LogP contribution in [0.5, 0.6) is 11.5 Å². The van der Waals surface area contributed by atoms with Crippen LogP contribution in [0.25, 0.3) is 0 Å². The fraction of sp³-hybridized carbons (Fsp3) is 0.278. The first-order valence-corrected chi connectivity index (χ1v) is 7.70. The topological polar surface area (TPSA) is 48.1 Å². The largest absolute Gasteiger partial charge is 0.493 e. The molecule has 4 rings (SSSR count). The Labute approximate surface area is 138 Å². The van der Waals surface area contributed by atoms with Crippen LogP contribution in [0.15, 0.2) is 36.4 Å². The number of benzene rings is 2. The van der Waals surface area contributed by atoms with Crippen molar-refractivity contribution >= 4 is 17.4 Å². The highest BCUT2D eigenvalue weighted by atomic mass is 35.5. The highest BCUT2D eigenvalue weighted by Crippen LogP contribution is 2.57. The number of epoxide rings is 1. The summed E-state index contributed by atoms with van der Waals surface area (Å²) in [6.07, 6.45) is 0.325. The standard InChI is InChI=1S/C18H15ClO4/c1-21-14-7-11-9-18(16(20)13(11)8-15(14)22-2)17(23-18)10-3-5-12(19)6-4-10/h3-8,17H,9H2,1-2H3. The smallest absolute Gasteiger partial charge is 0.198 e. The van der Waals surface area contributed by atoms with E-state index in [0.717, 1.165) is 11.1 Å². The molecule has 2 aromatic carbocycles. The highest BCUT2D eigenvalue weighted by molar-refractivity contribution is 6.30. The van der Waals surface area contributed by atoms with Crippen molar-refractivity contribution in [1.29, 1.82) is 0 Å². The van der Waals surface area contributed by atoms with Crippen LogP contribution in [-0.2, 0) is 11.2 Å². The molecule has 2 aliphatic rings. The van der Waals surface area contributed by atoms with Gasteiger partial charge in [0.05, 0.1) is 14.2 Å². The van der Waals surface area contributed by atoms with Crippen LogP contribution in [0, 0.1) is 0 Å². The monoisotopic (exact) mass is 330 g/mol. The molecule has 1 aliphatic heterocycles. The Morgan fingerprint density at radius 3 is 2.43 bits per heavy atom. The van der Waals surface area contributed by atoms with E-state index in [0.29, 0.717) is 28.5 Å². The first kappa shape index (κ1) is 14.5. The molecule has 0 N–H and O–H groups in total. The summed E-state index contributed by atoms with van der Waals surface area (Å²) < 4.78 is 16.5. The van der Waals surface area contributed by atoms with Crippen molar-refractivity contribution < 1.29 is 19.0 Å². The van der Waals surface area contributed by atoms with E-state index >= 15 is 0 Å². The minimum absolute atomic E-state index is 0.00778. The summed E-state index contributed by atoms with van der Waals surface area (Å²) in [6.45, 7) is 0. The third-order valence-corrected chi connectivity index (χ3v) is 4.81. The second-order valence-corrected chi connectivity index (χ2v) is 6.25. The molecular weight excluding hydrogens is 316 g/mol. The molecule has 2 atom stereocenters. The molecule has 1 heterocycles. The van der Waals surface area contributed by atoms with Gasteiger partial charge in [0.2, 0.25) is 0 Å². The Hall–Kier alpha value is -2.04. The summed E-state index contributed by atoms with van der Waals surface area (Å²) >= 11 is 5.92. The molecule has 1 fully saturated rings. The number of carbonyl (C=O) groups is 1. The molecule has 0 saturated carbocycles. The van der Waals surface area contributed by atoms with Crippen molar-refractivity contribution in [2.45, 2.75) is 18.1 Å². The number of carbonyl (C=O) groups excluding carboxylic acids is 1. The minimum atomic E-state index is -0.784. The average Bonchev–Trinajstić information content (AvgIpc) is 3.22. The first-order chi connectivity index (χ1) is 11.1. The Morgan fingerprint density at radius 1 is 1.13 bits per heavy atom. The molecule has 2 unspecified atom stereocenters. The number of hydrogen-bond acceptors (Lipinski definition) is 4. The number of hydrogen-bond donors (Lipinski definition) is 0. The Bertz CT molecular complexity index is 799. The van der Waals surface area contributed by atoms with Gasteiger partial charge in [-0.3, -0.25) is 4.79 Å². The number of halogens is 1. The zero-order chi connectivity index (χ0) is 16.2. The average molecular weight is 331 g/mol. The summed E-state index contributed by atoms with van der Waals surface area (Å²) in [5, 5.41) is 0.666. The second kappa shape index (κ2) is 4.98. The van der Waals surface area contributed by atoms with Gasteiger partial charge in [0.1, 0.15) is 6.10 Å². The second-order valence-electron chi connectivity index (χ2n) is 5.81. The van der Waals surface area contributed by atoms with Gasteiger partial charge in [-0.1, -0.05) is 23.7 Å². The summed E-state index contributed by atoms with van der Waals surface area (Å²) in [5.74, 6) is 1.19. The Morgan fingerprint density at radius 2 is 1.78 bits per heavy atom. The maximum Gasteiger partial charge on any atom is 0.198 e. The van der Waals surface area contributed by atoms with Gasteiger partial charge >= 0.3 is 0 Å². The Balaban J connectivity index is 1.69. The SMILES string of the molecule is COc1cc2c(cc1OC)C(=O)C1(C2)OC1c1ccc(Cl)cc1. The summed E-state index contributed by atoms with van der Waals surface area (Å²) in [6, 6.07) is 11.0. The van der Waals surface area contributed by atoms with E-state index in [1.54, 1.807) is 20.3 Å². The van der Waals surface area contributed by atoms with Crippen molar-refractivity contribution in [3.8, 4) is 11.5 Å². The van der Waals surface area contributed by atoms with Gasteiger partial charge in [0.15, 0.2) is 22.9 Å². The van der Waals surface area contributed by atoms with Gasteiger partial charge in [-0.05, 0) is 35.4 Å². The van der Waals surface area contributed by atoms with Crippen molar-refractivity contribution in [2.75, 3.05) is 14.2 Å². The number of fused-ring (bicyclic) bond motifs is 1. The van der Waals surface area contributed by atoms with Gasteiger partial charge in [0, 0.05) is 17.0 Å². The van der Waals surface area contributed by atoms with E-state index in [1.165, 1.54) is 0 Å². The molecule has 118 valence electrons. The van der Waals surface area contributed by atoms with E-state index < -0.39 is 5.60 Å². The van der Waals surface area contributed by atoms with Crippen LogP contribution in [-0.4, -0.2) is 25.6 Å². The lowest BCUT2D eigenvalue weighted by Crippen LogP contribution is -2.20. The highest BCUT2D eigenvalue weighted by Gasteiger charge is 2.66. The minimum Gasteiger partial charge on any atom is -0.493 e. The van der Waals surface area contributed by atoms with Crippen LogP contribution in [0.4, 0.5) is 0 Å². The third-order valence-electron chi connectivity index (χ3n) is 4.56. The van der Waals surface area contributed by atoms with E-state index in [9.17, 15) is 4.79 Å². The van der Waals surface area contributed by atoms with Crippen LogP contribution < -0.4 is 9.47 Å². The number of Topliss-reactive ketones (excluding diaryl/α,β-unsaturated/α-hetero) is 1. The van der Waals surface area contributed by atoms with Crippen molar-refractivity contribution in [1.82, 2.24) is 0 Å². The molecule has 23 heavy (non-hydrogen) atoms. The molecule has 2 aromatic rings. The molecule has 1 saturated heterocycles. The van der Waals surface area contributed by atoms with Crippen molar-refractivity contribution in [3.05, 3.63) is 58.1 Å². The lowest BCUT2D eigenvalue weighted by molar-refractivity contribution is 0.0894. The molecule has 0 amide bonds. The van der Waals surface area contributed by atoms with Crippen LogP contribution in [0.3, 0.4) is 0 Å². The zero-order valence-electron chi connectivity index (χ0n) is 12.8. The fourth-order valence-corrected chi connectivity index (χ4v) is 3.45. The van der Waals surface area contributed by atoms with E-state index in [-0.39, 0.29) is 11.9 Å². The van der Waals surface area contributed by atoms with Crippen LogP contribution >= 0.6 is 11.6 Å². The molecule has 0 radical (unpaired) electrons. The lowest BCUT2D eigenvalue weighted by Gasteiger charge is -2.08. The maximum absolute atomic E-state index is 12.9. The van der Waals surface area contributed by atoms with Crippen molar-refractivity contribution in [3.63, 3.8) is 0 Å². The molecule has 0 bridgehead atoms. The van der Waals surface area contributed by atoms with Crippen LogP contribution in [0.1, 0.15) is 27.6 Å². The molecule has 4 nitrogen and oxygen atoms in total. The normalized spacial score (nSPS) is 24.7. The lowest BCUT2D eigenvalue weighted by atomic mass is 9.96. The molecular formula is C18H15ClO4. The van der Waals surface area contributed by atoms with Gasteiger partial charge in [-0.25, -0.2) is 0 Å². The zero-order valence-corrected chi connectivity index (χ0v) is 13.5. The number of ketones is 1. The summed E-state index contributed by atoms with van der Waals surface area (Å²) in [7, 11) is 3.14. The van der Waals surface area contributed by atoms with Gasteiger partial charge in [0.25, 0.3) is 0 Å².